The van der Waals surface area contributed by atoms with Crippen LogP contribution in [-0.2, 0) is 12.6 Å². The van der Waals surface area contributed by atoms with Gasteiger partial charge in [-0.25, -0.2) is 0 Å². The van der Waals surface area contributed by atoms with Crippen LogP contribution in [0.5, 0.6) is 0 Å². The highest BCUT2D eigenvalue weighted by molar-refractivity contribution is 7.80. The lowest BCUT2D eigenvalue weighted by Gasteiger charge is -2.11. The Labute approximate surface area is 137 Å². The normalized spacial score (nSPS) is 13.3. The number of aromatic nitrogens is 1. The maximum absolute atomic E-state index is 12.8. The van der Waals surface area contributed by atoms with Crippen molar-refractivity contribution in [3.05, 3.63) is 41.1 Å². The van der Waals surface area contributed by atoms with Crippen molar-refractivity contribution in [1.82, 2.24) is 4.98 Å². The smallest absolute Gasteiger partial charge is 0.366 e. The molecular weight excluding hydrogens is 325 g/mol. The summed E-state index contributed by atoms with van der Waals surface area (Å²) in [6.07, 6.45) is -2.43. The van der Waals surface area contributed by atoms with Crippen molar-refractivity contribution in [3.8, 4) is 0 Å². The minimum absolute atomic E-state index is 0.198. The van der Waals surface area contributed by atoms with Crippen LogP contribution in [0.25, 0.3) is 10.9 Å². The highest BCUT2D eigenvalue weighted by Crippen LogP contribution is 2.31. The maximum Gasteiger partial charge on any atom is 0.416 e. The van der Waals surface area contributed by atoms with Crippen molar-refractivity contribution in [2.75, 3.05) is 0 Å². The number of hydrogen-bond acceptors (Lipinski definition) is 3. The van der Waals surface area contributed by atoms with E-state index in [1.807, 2.05) is 6.92 Å². The molecule has 1 heterocycles. The molecule has 0 radical (unpaired) electrons. The number of thiol groups is 1. The highest BCUT2D eigenvalue weighted by atomic mass is 32.1. The largest absolute Gasteiger partial charge is 0.416 e. The minimum atomic E-state index is -4.43. The summed E-state index contributed by atoms with van der Waals surface area (Å²) in [5.74, 6) is -0.631. The summed E-state index contributed by atoms with van der Waals surface area (Å²) in [6, 6.07) is 4.77. The number of benzene rings is 1. The quantitative estimate of drug-likeness (QED) is 0.807. The molecule has 1 unspecified atom stereocenters. The van der Waals surface area contributed by atoms with Gasteiger partial charge in [0.05, 0.1) is 22.3 Å². The second-order valence-corrected chi connectivity index (χ2v) is 6.37. The molecule has 1 amide bonds. The Balaban J connectivity index is 2.45. The third-order valence-corrected chi connectivity index (χ3v) is 3.78. The first-order chi connectivity index (χ1) is 10.7. The molecule has 0 fully saturated rings. The SMILES string of the molecule is CC(S)CCCc1nc2cc(C(F)(F)F)ccc2cc1C(N)=O. The number of rotatable bonds is 5. The maximum atomic E-state index is 12.8. The van der Waals surface area contributed by atoms with Crippen LogP contribution in [0.4, 0.5) is 13.2 Å². The van der Waals surface area contributed by atoms with Crippen molar-refractivity contribution in [2.24, 2.45) is 5.73 Å². The number of amides is 1. The monoisotopic (exact) mass is 342 g/mol. The summed E-state index contributed by atoms with van der Waals surface area (Å²) in [5.41, 5.74) is 5.49. The molecule has 0 aliphatic heterocycles. The van der Waals surface area contributed by atoms with Crippen molar-refractivity contribution < 1.29 is 18.0 Å². The first kappa shape index (κ1) is 17.6. The zero-order valence-electron chi connectivity index (χ0n) is 12.5. The summed E-state index contributed by atoms with van der Waals surface area (Å²) in [4.78, 5) is 15.8. The van der Waals surface area contributed by atoms with Gasteiger partial charge < -0.3 is 5.73 Å². The van der Waals surface area contributed by atoms with Gasteiger partial charge in [-0.2, -0.15) is 25.8 Å². The molecule has 1 atom stereocenters. The molecule has 2 aromatic rings. The third kappa shape index (κ3) is 4.37. The van der Waals surface area contributed by atoms with Crippen LogP contribution in [-0.4, -0.2) is 16.1 Å². The van der Waals surface area contributed by atoms with Crippen molar-refractivity contribution in [2.45, 2.75) is 37.6 Å². The number of primary amides is 1. The zero-order chi connectivity index (χ0) is 17.2. The molecule has 0 aliphatic carbocycles. The molecule has 23 heavy (non-hydrogen) atoms. The van der Waals surface area contributed by atoms with E-state index in [0.29, 0.717) is 17.5 Å². The van der Waals surface area contributed by atoms with Crippen LogP contribution in [0.3, 0.4) is 0 Å². The fourth-order valence-corrected chi connectivity index (χ4v) is 2.53. The van der Waals surface area contributed by atoms with Gasteiger partial charge in [-0.15, -0.1) is 0 Å². The summed E-state index contributed by atoms with van der Waals surface area (Å²) in [6.45, 7) is 1.95. The number of hydrogen-bond donors (Lipinski definition) is 2. The molecule has 1 aromatic heterocycles. The van der Waals surface area contributed by atoms with E-state index in [2.05, 4.69) is 17.6 Å². The highest BCUT2D eigenvalue weighted by Gasteiger charge is 2.30. The number of carbonyl (C=O) groups excluding carboxylic acids is 1. The Hall–Kier alpha value is -1.76. The van der Waals surface area contributed by atoms with Crippen molar-refractivity contribution in [1.29, 1.82) is 0 Å². The molecule has 1 aromatic carbocycles. The Morgan fingerprint density at radius 2 is 2.04 bits per heavy atom. The second-order valence-electron chi connectivity index (χ2n) is 5.49. The lowest BCUT2D eigenvalue weighted by molar-refractivity contribution is -0.137. The van der Waals surface area contributed by atoms with Crippen LogP contribution in [0.2, 0.25) is 0 Å². The number of halogens is 3. The van der Waals surface area contributed by atoms with E-state index in [9.17, 15) is 18.0 Å². The Kier molecular flexibility index (Phi) is 5.19. The average molecular weight is 342 g/mol. The molecule has 3 nitrogen and oxygen atoms in total. The molecule has 0 saturated carbocycles. The first-order valence-corrected chi connectivity index (χ1v) is 7.69. The Morgan fingerprint density at radius 3 is 2.61 bits per heavy atom. The molecule has 124 valence electrons. The van der Waals surface area contributed by atoms with Gasteiger partial charge >= 0.3 is 6.18 Å². The van der Waals surface area contributed by atoms with Crippen LogP contribution in [0.15, 0.2) is 24.3 Å². The van der Waals surface area contributed by atoms with Crippen LogP contribution in [0, 0.1) is 0 Å². The molecule has 2 rings (SSSR count). The van der Waals surface area contributed by atoms with Gasteiger partial charge in [0.2, 0.25) is 0 Å². The van der Waals surface area contributed by atoms with Gasteiger partial charge in [-0.3, -0.25) is 9.78 Å². The number of aryl methyl sites for hydroxylation is 1. The lowest BCUT2D eigenvalue weighted by atomic mass is 10.0. The van der Waals surface area contributed by atoms with Gasteiger partial charge in [0.25, 0.3) is 5.91 Å². The molecule has 2 N–H and O–H groups in total. The van der Waals surface area contributed by atoms with E-state index in [4.69, 9.17) is 5.73 Å². The summed E-state index contributed by atoms with van der Waals surface area (Å²) >= 11 is 4.28. The predicted octanol–water partition coefficient (Wildman–Crippen LogP) is 3.99. The minimum Gasteiger partial charge on any atom is -0.366 e. The number of fused-ring (bicyclic) bond motifs is 1. The van der Waals surface area contributed by atoms with E-state index >= 15 is 0 Å². The van der Waals surface area contributed by atoms with E-state index < -0.39 is 17.6 Å². The van der Waals surface area contributed by atoms with Gasteiger partial charge in [0.1, 0.15) is 0 Å². The van der Waals surface area contributed by atoms with Gasteiger partial charge in [0.15, 0.2) is 0 Å². The standard InChI is InChI=1S/C16H17F3N2OS/c1-9(23)3-2-4-13-12(15(20)22)7-10-5-6-11(16(17,18)19)8-14(10)21-13/h5-9,23H,2-4H2,1H3,(H2,20,22). The topological polar surface area (TPSA) is 56.0 Å². The van der Waals surface area contributed by atoms with Crippen LogP contribution >= 0.6 is 12.6 Å². The second kappa shape index (κ2) is 6.78. The lowest BCUT2D eigenvalue weighted by Crippen LogP contribution is -2.15. The molecule has 0 spiro atoms. The fraction of sp³-hybridized carbons (Fsp3) is 0.375. The van der Waals surface area contributed by atoms with E-state index in [1.54, 1.807) is 0 Å². The summed E-state index contributed by atoms with van der Waals surface area (Å²) < 4.78 is 38.4. The zero-order valence-corrected chi connectivity index (χ0v) is 13.4. The number of carbonyl (C=O) groups is 1. The fourth-order valence-electron chi connectivity index (χ4n) is 2.35. The van der Waals surface area contributed by atoms with E-state index in [1.165, 1.54) is 12.1 Å². The third-order valence-electron chi connectivity index (χ3n) is 3.52. The molecule has 0 bridgehead atoms. The summed E-state index contributed by atoms with van der Waals surface area (Å²) in [5, 5.41) is 0.655. The summed E-state index contributed by atoms with van der Waals surface area (Å²) in [7, 11) is 0. The Bertz CT molecular complexity index is 729. The predicted molar refractivity (Wildman–Crippen MR) is 86.6 cm³/mol. The van der Waals surface area contributed by atoms with Gasteiger partial charge in [0, 0.05) is 5.39 Å². The molecular formula is C16H17F3N2OS. The average Bonchev–Trinajstić information content (AvgIpc) is 2.44. The number of pyridine rings is 1. The van der Waals surface area contributed by atoms with Gasteiger partial charge in [-0.1, -0.05) is 13.0 Å². The van der Waals surface area contributed by atoms with Crippen LogP contribution < -0.4 is 5.73 Å². The van der Waals surface area contributed by atoms with Gasteiger partial charge in [-0.05, 0) is 42.7 Å². The van der Waals surface area contributed by atoms with Crippen molar-refractivity contribution in [3.63, 3.8) is 0 Å². The number of nitrogens with zero attached hydrogens (tertiary/aromatic N) is 1. The first-order valence-electron chi connectivity index (χ1n) is 7.17. The molecule has 0 aliphatic rings. The number of nitrogens with two attached hydrogens (primary N) is 1. The molecule has 0 saturated heterocycles. The van der Waals surface area contributed by atoms with E-state index in [0.717, 1.165) is 25.0 Å². The van der Waals surface area contributed by atoms with E-state index in [-0.39, 0.29) is 16.3 Å². The Morgan fingerprint density at radius 1 is 1.35 bits per heavy atom. The molecule has 7 heteroatoms. The number of alkyl halides is 3. The van der Waals surface area contributed by atoms with Crippen molar-refractivity contribution >= 4 is 29.4 Å². The van der Waals surface area contributed by atoms with Crippen LogP contribution in [0.1, 0.15) is 41.4 Å².